The number of rotatable bonds is 117. The van der Waals surface area contributed by atoms with E-state index in [-0.39, 0.29) is 0 Å². The first-order chi connectivity index (χ1) is 66.2. The second-order valence-electron chi connectivity index (χ2n) is 46.8. The molecular weight excluding hydrogens is 1620 g/mol. The van der Waals surface area contributed by atoms with Crippen LogP contribution in [-0.4, -0.2) is 0 Å². The predicted octanol–water partition coefficient (Wildman–Crippen LogP) is 49.5. The summed E-state index contributed by atoms with van der Waals surface area (Å²) in [6.45, 7) is 53.0. The van der Waals surface area contributed by atoms with E-state index in [9.17, 15) is 0 Å². The molecule has 0 aliphatic heterocycles. The minimum atomic E-state index is 0.634. The molecule has 0 aromatic heterocycles. The zero-order valence-corrected chi connectivity index (χ0v) is 94.9. The summed E-state index contributed by atoms with van der Waals surface area (Å²) in [6.07, 6.45) is 153. The molecule has 0 aromatic carbocycles. The summed E-state index contributed by atoms with van der Waals surface area (Å²) in [5.74, 6) is 7.85. The van der Waals surface area contributed by atoms with Crippen LogP contribution in [0.15, 0.2) is 111 Å². The van der Waals surface area contributed by atoms with Crippen LogP contribution in [0, 0.1) is 59.2 Å². The van der Waals surface area contributed by atoms with Crippen LogP contribution < -0.4 is 0 Å². The maximum atomic E-state index is 4.32. The Morgan fingerprint density at radius 3 is 0.748 bits per heavy atom. The molecule has 0 rings (SSSR count). The number of unbranched alkanes of at least 4 members (excludes halogenated alkanes) is 69. The lowest BCUT2D eigenvalue weighted by molar-refractivity contribution is 0.0811. The minimum Gasteiger partial charge on any atom is -0.103 e. The summed E-state index contributed by atoms with van der Waals surface area (Å²) in [5.41, 5.74) is 6.94. The molecule has 0 aliphatic rings. The average molecular weight is 1880 g/mol. The van der Waals surface area contributed by atoms with Gasteiger partial charge in [-0.2, -0.15) is 0 Å². The molecule has 0 heteroatoms. The lowest BCUT2D eigenvalue weighted by Crippen LogP contribution is -2.35. The van der Waals surface area contributed by atoms with Gasteiger partial charge in [-0.05, 0) is 227 Å². The Morgan fingerprint density at radius 1 is 0.200 bits per heavy atom. The molecule has 10 unspecified atom stereocenters. The van der Waals surface area contributed by atoms with Crippen molar-refractivity contribution in [1.29, 1.82) is 0 Å². The Hall–Kier alpha value is -2.34. The Balaban J connectivity index is 9.46. The fourth-order valence-electron chi connectivity index (χ4n) is 23.8. The van der Waals surface area contributed by atoms with E-state index in [1.165, 1.54) is 647 Å². The van der Waals surface area contributed by atoms with E-state index < -0.39 is 0 Å². The number of hydrogen-bond donors (Lipinski definition) is 0. The summed E-state index contributed by atoms with van der Waals surface area (Å²) in [5, 5.41) is 0. The average Bonchev–Trinajstić information content (AvgIpc) is 0.800. The Morgan fingerprint density at radius 2 is 0.437 bits per heavy atom. The molecule has 0 nitrogen and oxygen atoms in total. The highest BCUT2D eigenvalue weighted by molar-refractivity contribution is 5.20. The third-order valence-electron chi connectivity index (χ3n) is 33.0. The van der Waals surface area contributed by atoms with E-state index >= 15 is 0 Å². The third-order valence-corrected chi connectivity index (χ3v) is 33.0. The van der Waals surface area contributed by atoms with E-state index in [1.54, 1.807) is 0 Å². The summed E-state index contributed by atoms with van der Waals surface area (Å²) in [4.78, 5) is 0. The lowest BCUT2D eigenvalue weighted by Gasteiger charge is -2.44. The summed E-state index contributed by atoms with van der Waals surface area (Å²) >= 11 is 0. The van der Waals surface area contributed by atoms with Gasteiger partial charge in [0.15, 0.2) is 0 Å². The Labute approximate surface area is 855 Å². The van der Waals surface area contributed by atoms with Crippen LogP contribution in [0.1, 0.15) is 691 Å². The quantitative estimate of drug-likeness (QED) is 0.0421. The van der Waals surface area contributed by atoms with Gasteiger partial charge in [0.05, 0.1) is 0 Å². The lowest BCUT2D eigenvalue weighted by atomic mass is 9.61. The second-order valence-corrected chi connectivity index (χ2v) is 46.8. The van der Waals surface area contributed by atoms with Gasteiger partial charge in [-0.25, -0.2) is 0 Å². The van der Waals surface area contributed by atoms with Gasteiger partial charge in [0.1, 0.15) is 0 Å². The second kappa shape index (κ2) is 107. The van der Waals surface area contributed by atoms with Crippen molar-refractivity contribution in [3.8, 4) is 0 Å². The van der Waals surface area contributed by atoms with Crippen LogP contribution in [0.25, 0.3) is 0 Å². The van der Waals surface area contributed by atoms with Crippen molar-refractivity contribution in [3.63, 3.8) is 0 Å². The van der Waals surface area contributed by atoms with Crippen LogP contribution in [0.4, 0.5) is 0 Å². The van der Waals surface area contributed by atoms with E-state index in [0.717, 1.165) is 53.3 Å². The normalized spacial score (nSPS) is 14.3. The smallest absolute Gasteiger partial charge is 0.0169 e. The van der Waals surface area contributed by atoms with Crippen molar-refractivity contribution < 1.29 is 0 Å². The fourth-order valence-corrected chi connectivity index (χ4v) is 23.8. The summed E-state index contributed by atoms with van der Waals surface area (Å²) in [6, 6.07) is 0. The van der Waals surface area contributed by atoms with Crippen LogP contribution in [0.2, 0.25) is 0 Å². The van der Waals surface area contributed by atoms with E-state index in [2.05, 4.69) is 156 Å². The molecular formula is C135H254. The fraction of sp³-hybridized carbons (Fsp3) is 0.867. The molecule has 0 bridgehead atoms. The first-order valence-corrected chi connectivity index (χ1v) is 62.9. The van der Waals surface area contributed by atoms with Gasteiger partial charge >= 0.3 is 0 Å². The van der Waals surface area contributed by atoms with Crippen molar-refractivity contribution >= 4 is 0 Å². The monoisotopic (exact) mass is 1880 g/mol. The largest absolute Gasteiger partial charge is 0.103 e. The van der Waals surface area contributed by atoms with Crippen molar-refractivity contribution in [2.75, 3.05) is 0 Å². The molecule has 0 spiro atoms. The molecule has 0 amide bonds. The number of hydrogen-bond acceptors (Lipinski definition) is 0. The van der Waals surface area contributed by atoms with Crippen LogP contribution in [0.3, 0.4) is 0 Å². The van der Waals surface area contributed by atoms with Crippen molar-refractivity contribution in [3.05, 3.63) is 111 Å². The van der Waals surface area contributed by atoms with E-state index in [0.29, 0.717) is 5.92 Å². The standard InChI is InChI=1S/C135H254/c1-17-24-30-36-42-47-52-57-62-71-78-86-94-114-131(129(112-92-84-41-35-29-22-6)113-93-85-77-70-68-67-69-76-83-91-103-122(8)9)133(116-96-88-80-73-64-59-54-49-44-38-32-26-19-3)135(118-98-90-82-75-66-61-56-51-46-40-34-28-21-5)134(117-97-89-81-74-65-60-55-50-45-39-33-27-20-4)132(115-95-87-79-72-63-58-53-48-43-37-31-25-18-2)130(120-119-127(15)110-101-108-125(13)106-99-104-123(10)11)121-128(16)111-102-109-126(14)107-100-105-124(12)23-7/h17-21,23,124-129,131,133-135H,1-5,7-8,10,22,24-121H2,6,9,11-16H3. The van der Waals surface area contributed by atoms with E-state index in [1.807, 2.05) is 0 Å². The molecule has 0 aromatic rings. The molecule has 10 atom stereocenters. The highest BCUT2D eigenvalue weighted by Crippen LogP contribution is 2.50. The zero-order valence-electron chi connectivity index (χ0n) is 94.9. The molecule has 0 saturated heterocycles. The van der Waals surface area contributed by atoms with Gasteiger partial charge in [0.25, 0.3) is 0 Å². The third kappa shape index (κ3) is 92.5. The predicted molar refractivity (Wildman–Crippen MR) is 624 cm³/mol. The highest BCUT2D eigenvalue weighted by atomic mass is 14.4. The molecule has 0 fully saturated rings. The Bertz CT molecular complexity index is 2490. The number of allylic oxidation sites excluding steroid dienone is 10. The Kier molecular flexibility index (Phi) is 106. The molecule has 0 saturated carbocycles. The summed E-state index contributed by atoms with van der Waals surface area (Å²) in [7, 11) is 0. The molecule has 135 heavy (non-hydrogen) atoms. The van der Waals surface area contributed by atoms with Gasteiger partial charge in [-0.3, -0.25) is 0 Å². The molecule has 0 N–H and O–H groups in total. The van der Waals surface area contributed by atoms with Crippen LogP contribution in [-0.2, 0) is 0 Å². The van der Waals surface area contributed by atoms with Crippen molar-refractivity contribution in [1.82, 2.24) is 0 Å². The molecule has 0 aliphatic carbocycles. The van der Waals surface area contributed by atoms with E-state index in [4.69, 9.17) is 0 Å². The van der Waals surface area contributed by atoms with Gasteiger partial charge in [0, 0.05) is 0 Å². The van der Waals surface area contributed by atoms with Crippen LogP contribution >= 0.6 is 0 Å². The van der Waals surface area contributed by atoms with Gasteiger partial charge in [-0.1, -0.05) is 582 Å². The van der Waals surface area contributed by atoms with Crippen molar-refractivity contribution in [2.24, 2.45) is 59.2 Å². The topological polar surface area (TPSA) is 0 Å². The first-order valence-electron chi connectivity index (χ1n) is 62.9. The van der Waals surface area contributed by atoms with Gasteiger partial charge < -0.3 is 0 Å². The highest BCUT2D eigenvalue weighted by Gasteiger charge is 2.39. The summed E-state index contributed by atoms with van der Waals surface area (Å²) < 4.78 is 0. The first kappa shape index (κ1) is 133. The maximum Gasteiger partial charge on any atom is -0.0169 e. The zero-order chi connectivity index (χ0) is 98.3. The van der Waals surface area contributed by atoms with Crippen LogP contribution in [0.5, 0.6) is 0 Å². The SMILES string of the molecule is C=CCCCCCCCCCCCCCC(=C(CCC(C)CCCC(C)CCCC(=C)C)CC(C)CCCC(C)CCCC(C)C=C)C(CCCCCCCCCCCCCC=C)C(CCCCCCCCCCCCCC=C)C(CCCCCCCCCCCCCC=C)C(CCCCCCCCCCCCCC=C)C(CCCCCCCC)CCCCCCCCCCCCC(=C)C. The minimum absolute atomic E-state index is 0.634. The van der Waals surface area contributed by atoms with Gasteiger partial charge in [0.2, 0.25) is 0 Å². The molecule has 0 heterocycles. The maximum absolute atomic E-state index is 4.32. The van der Waals surface area contributed by atoms with Crippen molar-refractivity contribution in [2.45, 2.75) is 691 Å². The van der Waals surface area contributed by atoms with Gasteiger partial charge in [-0.15, -0.1) is 52.6 Å². The molecule has 0 radical (unpaired) electrons. The molecule has 794 valence electrons.